The van der Waals surface area contributed by atoms with Crippen LogP contribution in [0.3, 0.4) is 0 Å². The van der Waals surface area contributed by atoms with E-state index in [2.05, 4.69) is 10.2 Å². The highest BCUT2D eigenvalue weighted by Crippen LogP contribution is 2.22. The van der Waals surface area contributed by atoms with Gasteiger partial charge in [-0.2, -0.15) is 0 Å². The Kier molecular flexibility index (Phi) is 5.03. The molecule has 1 heterocycles. The van der Waals surface area contributed by atoms with Crippen LogP contribution in [-0.4, -0.2) is 22.8 Å². The number of ether oxygens (including phenoxy) is 2. The van der Waals surface area contributed by atoms with Gasteiger partial charge in [0.1, 0.15) is 11.6 Å². The lowest BCUT2D eigenvalue weighted by Gasteiger charge is -2.10. The van der Waals surface area contributed by atoms with Crippen LogP contribution in [0.15, 0.2) is 59.0 Å². The fourth-order valence-corrected chi connectivity index (χ4v) is 2.05. The quantitative estimate of drug-likeness (QED) is 0.638. The first-order valence-corrected chi connectivity index (χ1v) is 7.58. The molecular formula is C18H15FN2O4. The maximum absolute atomic E-state index is 12.8. The number of benzene rings is 2. The molecule has 0 aliphatic rings. The van der Waals surface area contributed by atoms with E-state index in [1.807, 2.05) is 30.3 Å². The first-order valence-electron chi connectivity index (χ1n) is 7.58. The summed E-state index contributed by atoms with van der Waals surface area (Å²) in [5.41, 5.74) is 0.777. The summed E-state index contributed by atoms with van der Waals surface area (Å²) in [7, 11) is 0. The minimum absolute atomic E-state index is 0.189. The smallest absolute Gasteiger partial charge is 0.344 e. The van der Waals surface area contributed by atoms with Crippen molar-refractivity contribution in [3.05, 3.63) is 66.3 Å². The molecule has 1 atom stereocenters. The molecule has 0 amide bonds. The molecule has 0 aliphatic heterocycles. The molecule has 0 saturated carbocycles. The van der Waals surface area contributed by atoms with Crippen molar-refractivity contribution in [2.75, 3.05) is 6.61 Å². The molecule has 3 rings (SSSR count). The molecule has 0 aliphatic carbocycles. The Labute approximate surface area is 143 Å². The van der Waals surface area contributed by atoms with Crippen molar-refractivity contribution >= 4 is 5.97 Å². The highest BCUT2D eigenvalue weighted by Gasteiger charge is 2.19. The Morgan fingerprint density at radius 3 is 2.56 bits per heavy atom. The summed E-state index contributed by atoms with van der Waals surface area (Å²) in [6.45, 7) is 1.31. The van der Waals surface area contributed by atoms with Crippen LogP contribution < -0.4 is 4.74 Å². The second-order valence-corrected chi connectivity index (χ2v) is 5.19. The summed E-state index contributed by atoms with van der Waals surface area (Å²) in [5, 5.41) is 7.84. The van der Waals surface area contributed by atoms with Gasteiger partial charge < -0.3 is 13.9 Å². The number of carbonyl (C=O) groups is 1. The molecule has 6 nitrogen and oxygen atoms in total. The van der Waals surface area contributed by atoms with Gasteiger partial charge in [0.2, 0.25) is 5.89 Å². The molecular weight excluding hydrogens is 327 g/mol. The van der Waals surface area contributed by atoms with Crippen LogP contribution in [0.5, 0.6) is 5.75 Å². The van der Waals surface area contributed by atoms with Crippen molar-refractivity contribution in [2.24, 2.45) is 0 Å². The summed E-state index contributed by atoms with van der Waals surface area (Å²) in [5.74, 6) is -0.0735. The Hall–Kier alpha value is -3.22. The molecule has 7 heteroatoms. The SMILES string of the molecule is C[C@@H](OC(=O)COc1ccc(F)cc1)c1nnc(-c2ccccc2)o1. The number of halogens is 1. The highest BCUT2D eigenvalue weighted by atomic mass is 19.1. The topological polar surface area (TPSA) is 74.5 Å². The molecule has 128 valence electrons. The van der Waals surface area contributed by atoms with Crippen LogP contribution >= 0.6 is 0 Å². The molecule has 0 radical (unpaired) electrons. The number of nitrogens with zero attached hydrogens (tertiary/aromatic N) is 2. The zero-order valence-corrected chi connectivity index (χ0v) is 13.4. The van der Waals surface area contributed by atoms with Gasteiger partial charge in [-0.25, -0.2) is 9.18 Å². The van der Waals surface area contributed by atoms with Crippen molar-refractivity contribution < 1.29 is 23.1 Å². The number of aromatic nitrogens is 2. The van der Waals surface area contributed by atoms with Gasteiger partial charge >= 0.3 is 5.97 Å². The second-order valence-electron chi connectivity index (χ2n) is 5.19. The normalized spacial score (nSPS) is 11.8. The molecule has 0 saturated heterocycles. The van der Waals surface area contributed by atoms with E-state index in [0.717, 1.165) is 5.56 Å². The Bertz CT molecular complexity index is 834. The molecule has 25 heavy (non-hydrogen) atoms. The third kappa shape index (κ3) is 4.41. The monoisotopic (exact) mass is 342 g/mol. The van der Waals surface area contributed by atoms with E-state index in [0.29, 0.717) is 11.6 Å². The third-order valence-corrected chi connectivity index (χ3v) is 3.29. The minimum Gasteiger partial charge on any atom is -0.482 e. The molecule has 1 aromatic heterocycles. The van der Waals surface area contributed by atoms with E-state index in [1.165, 1.54) is 24.3 Å². The van der Waals surface area contributed by atoms with Gasteiger partial charge in [0.05, 0.1) is 0 Å². The lowest BCUT2D eigenvalue weighted by Crippen LogP contribution is -2.17. The van der Waals surface area contributed by atoms with Gasteiger partial charge in [-0.05, 0) is 43.3 Å². The molecule has 3 aromatic rings. The minimum atomic E-state index is -0.714. The molecule has 0 fully saturated rings. The van der Waals surface area contributed by atoms with Gasteiger partial charge in [-0.1, -0.05) is 18.2 Å². The number of rotatable bonds is 6. The summed E-state index contributed by atoms with van der Waals surface area (Å²) in [4.78, 5) is 11.8. The molecule has 0 spiro atoms. The van der Waals surface area contributed by atoms with Gasteiger partial charge in [0.15, 0.2) is 12.7 Å². The average Bonchev–Trinajstić information content (AvgIpc) is 3.12. The first-order chi connectivity index (χ1) is 12.1. The van der Waals surface area contributed by atoms with Gasteiger partial charge in [0, 0.05) is 5.56 Å². The van der Waals surface area contributed by atoms with E-state index in [9.17, 15) is 9.18 Å². The van der Waals surface area contributed by atoms with E-state index in [-0.39, 0.29) is 18.3 Å². The number of carbonyl (C=O) groups excluding carboxylic acids is 1. The van der Waals surface area contributed by atoms with Crippen molar-refractivity contribution in [3.63, 3.8) is 0 Å². The standard InChI is InChI=1S/C18H15FN2O4/c1-12(17-20-21-18(25-17)13-5-3-2-4-6-13)24-16(22)11-23-15-9-7-14(19)8-10-15/h2-10,12H,11H2,1H3/t12-/m1/s1. The zero-order chi connectivity index (χ0) is 17.6. The largest absolute Gasteiger partial charge is 0.482 e. The Morgan fingerprint density at radius 2 is 1.84 bits per heavy atom. The highest BCUT2D eigenvalue weighted by molar-refractivity contribution is 5.71. The molecule has 0 unspecified atom stereocenters. The van der Waals surface area contributed by atoms with Gasteiger partial charge in [-0.3, -0.25) is 0 Å². The van der Waals surface area contributed by atoms with E-state index in [4.69, 9.17) is 13.9 Å². The maximum Gasteiger partial charge on any atom is 0.344 e. The summed E-state index contributed by atoms with van der Waals surface area (Å²) in [6.07, 6.45) is -0.714. The lowest BCUT2D eigenvalue weighted by atomic mass is 10.2. The first kappa shape index (κ1) is 16.6. The predicted octanol–water partition coefficient (Wildman–Crippen LogP) is 3.56. The second kappa shape index (κ2) is 7.57. The maximum atomic E-state index is 12.8. The third-order valence-electron chi connectivity index (χ3n) is 3.29. The fourth-order valence-electron chi connectivity index (χ4n) is 2.05. The fraction of sp³-hybridized carbons (Fsp3) is 0.167. The lowest BCUT2D eigenvalue weighted by molar-refractivity contribution is -0.152. The summed E-state index contributed by atoms with van der Waals surface area (Å²) >= 11 is 0. The molecule has 2 aromatic carbocycles. The predicted molar refractivity (Wildman–Crippen MR) is 86.1 cm³/mol. The molecule has 0 N–H and O–H groups in total. The number of hydrogen-bond acceptors (Lipinski definition) is 6. The van der Waals surface area contributed by atoms with E-state index >= 15 is 0 Å². The number of hydrogen-bond donors (Lipinski definition) is 0. The number of esters is 1. The zero-order valence-electron chi connectivity index (χ0n) is 13.4. The van der Waals surface area contributed by atoms with Gasteiger partial charge in [0.25, 0.3) is 5.89 Å². The van der Waals surface area contributed by atoms with Gasteiger partial charge in [-0.15, -0.1) is 10.2 Å². The van der Waals surface area contributed by atoms with Crippen LogP contribution in [0.1, 0.15) is 18.9 Å². The van der Waals surface area contributed by atoms with Crippen LogP contribution in [0.25, 0.3) is 11.5 Å². The van der Waals surface area contributed by atoms with Crippen LogP contribution in [0.4, 0.5) is 4.39 Å². The summed E-state index contributed by atoms with van der Waals surface area (Å²) in [6, 6.07) is 14.6. The Balaban J connectivity index is 1.55. The van der Waals surface area contributed by atoms with E-state index in [1.54, 1.807) is 6.92 Å². The Morgan fingerprint density at radius 1 is 1.12 bits per heavy atom. The van der Waals surface area contributed by atoms with Crippen molar-refractivity contribution in [1.82, 2.24) is 10.2 Å². The van der Waals surface area contributed by atoms with E-state index < -0.39 is 12.1 Å². The van der Waals surface area contributed by atoms with Crippen LogP contribution in [0, 0.1) is 5.82 Å². The van der Waals surface area contributed by atoms with Crippen LogP contribution in [0.2, 0.25) is 0 Å². The summed E-state index contributed by atoms with van der Waals surface area (Å²) < 4.78 is 28.7. The molecule has 0 bridgehead atoms. The van der Waals surface area contributed by atoms with Crippen molar-refractivity contribution in [3.8, 4) is 17.2 Å². The average molecular weight is 342 g/mol. The van der Waals surface area contributed by atoms with Crippen LogP contribution in [-0.2, 0) is 9.53 Å². The van der Waals surface area contributed by atoms with Crippen molar-refractivity contribution in [1.29, 1.82) is 0 Å². The van der Waals surface area contributed by atoms with Crippen molar-refractivity contribution in [2.45, 2.75) is 13.0 Å².